The van der Waals surface area contributed by atoms with Gasteiger partial charge in [-0.3, -0.25) is 0 Å². The van der Waals surface area contributed by atoms with Gasteiger partial charge in [0.25, 0.3) is 0 Å². The summed E-state index contributed by atoms with van der Waals surface area (Å²) < 4.78 is 35.3. The Morgan fingerprint density at radius 3 is 2.39 bits per heavy atom. The molecule has 0 fully saturated rings. The smallest absolute Gasteiger partial charge is 0.170 e. The van der Waals surface area contributed by atoms with Crippen LogP contribution in [0, 0.1) is 11.6 Å². The Hall–Kier alpha value is -3.18. The quantitative estimate of drug-likeness (QED) is 0.168. The number of hydrogen-bond donors (Lipinski definition) is 0. The summed E-state index contributed by atoms with van der Waals surface area (Å²) >= 11 is 0. The van der Waals surface area contributed by atoms with E-state index in [-0.39, 0.29) is 23.1 Å². The predicted octanol–water partition coefficient (Wildman–Crippen LogP) is 8.60. The summed E-state index contributed by atoms with van der Waals surface area (Å²) in [6.07, 6.45) is 15.8. The average molecular weight is 491 g/mol. The molecule has 0 amide bonds. The minimum Gasteiger partial charge on any atom is -0.379 e. The van der Waals surface area contributed by atoms with Crippen molar-refractivity contribution in [1.29, 1.82) is 0 Å². The largest absolute Gasteiger partial charge is 0.379 e. The summed E-state index contributed by atoms with van der Waals surface area (Å²) in [5, 5.41) is 0. The van der Waals surface area contributed by atoms with E-state index in [2.05, 4.69) is 30.4 Å². The van der Waals surface area contributed by atoms with E-state index in [0.717, 1.165) is 49.8 Å². The minimum atomic E-state index is -0.937. The summed E-state index contributed by atoms with van der Waals surface area (Å²) in [6, 6.07) is 11.1. The molecule has 0 aliphatic carbocycles. The lowest BCUT2D eigenvalue weighted by molar-refractivity contribution is 0.0566. The fraction of sp³-hybridized carbons (Fsp3) is 0.355. The molecule has 2 aromatic carbocycles. The lowest BCUT2D eigenvalue weighted by atomic mass is 10.0. The molecule has 1 unspecified atom stereocenters. The van der Waals surface area contributed by atoms with E-state index in [1.54, 1.807) is 24.5 Å². The molecule has 0 spiro atoms. The van der Waals surface area contributed by atoms with Gasteiger partial charge in [-0.1, -0.05) is 68.3 Å². The van der Waals surface area contributed by atoms with Crippen LogP contribution in [0.2, 0.25) is 0 Å². The Labute approximate surface area is 214 Å². The van der Waals surface area contributed by atoms with E-state index in [1.165, 1.54) is 24.5 Å². The maximum Gasteiger partial charge on any atom is 0.170 e. The van der Waals surface area contributed by atoms with Crippen molar-refractivity contribution in [3.8, 4) is 22.5 Å². The Morgan fingerprint density at radius 2 is 1.69 bits per heavy atom. The zero-order chi connectivity index (χ0) is 25.8. The second-order valence-electron chi connectivity index (χ2n) is 9.04. The van der Waals surface area contributed by atoms with Gasteiger partial charge in [0.2, 0.25) is 0 Å². The molecule has 1 atom stereocenters. The number of benzene rings is 2. The summed E-state index contributed by atoms with van der Waals surface area (Å²) in [6.45, 7) is 8.81. The summed E-state index contributed by atoms with van der Waals surface area (Å²) in [7, 11) is 0. The first-order valence-electron chi connectivity index (χ1n) is 12.8. The van der Waals surface area contributed by atoms with Gasteiger partial charge in [0.1, 0.15) is 0 Å². The molecule has 36 heavy (non-hydrogen) atoms. The van der Waals surface area contributed by atoms with Crippen LogP contribution in [-0.2, 0) is 11.2 Å². The highest BCUT2D eigenvalue weighted by molar-refractivity contribution is 5.65. The fourth-order valence-electron chi connectivity index (χ4n) is 3.94. The van der Waals surface area contributed by atoms with Crippen molar-refractivity contribution < 1.29 is 13.5 Å². The molecule has 3 aromatic rings. The first-order valence-corrected chi connectivity index (χ1v) is 12.8. The van der Waals surface area contributed by atoms with Crippen molar-refractivity contribution in [1.82, 2.24) is 9.97 Å². The molecule has 5 heteroatoms. The fourth-order valence-corrected chi connectivity index (χ4v) is 3.94. The number of allylic oxidation sites excluding steroid dienone is 2. The van der Waals surface area contributed by atoms with Gasteiger partial charge in [-0.15, -0.1) is 6.58 Å². The second-order valence-corrected chi connectivity index (χ2v) is 9.04. The van der Waals surface area contributed by atoms with Crippen molar-refractivity contribution in [3.63, 3.8) is 0 Å². The molecule has 190 valence electrons. The van der Waals surface area contributed by atoms with E-state index >= 15 is 0 Å². The average Bonchev–Trinajstić information content (AvgIpc) is 2.90. The minimum absolute atomic E-state index is 0.0478. The zero-order valence-corrected chi connectivity index (χ0v) is 21.4. The van der Waals surface area contributed by atoms with Gasteiger partial charge < -0.3 is 4.74 Å². The van der Waals surface area contributed by atoms with Crippen LogP contribution in [0.1, 0.15) is 63.5 Å². The predicted molar refractivity (Wildman–Crippen MR) is 145 cm³/mol. The lowest BCUT2D eigenvalue weighted by Gasteiger charge is -2.12. The molecular formula is C31H36F2N2O. The highest BCUT2D eigenvalue weighted by Gasteiger charge is 2.15. The molecule has 0 aliphatic heterocycles. The molecule has 1 heterocycles. The molecule has 0 N–H and O–H groups in total. The van der Waals surface area contributed by atoms with E-state index in [1.807, 2.05) is 36.4 Å². The van der Waals surface area contributed by atoms with Gasteiger partial charge >= 0.3 is 0 Å². The SMILES string of the molecule is C=CCc1ccc(-c2cnc(-c3ccc(C=CCCCC(C)OCCCCC)c(F)c3F)nc2)cc1. The van der Waals surface area contributed by atoms with Gasteiger partial charge in [0.05, 0.1) is 11.7 Å². The standard InChI is InChI=1S/C31H36F2N2O/c1-4-6-10-20-36-23(3)12-8-7-9-13-26-18-19-28(30(33)29(26)32)31-34-21-27(22-35-31)25-16-14-24(11-5-2)15-17-25/h5,9,13-19,21-23H,2,4,6-8,10-12,20H2,1,3H3. The van der Waals surface area contributed by atoms with Crippen LogP contribution >= 0.6 is 0 Å². The van der Waals surface area contributed by atoms with E-state index < -0.39 is 11.6 Å². The van der Waals surface area contributed by atoms with Crippen LogP contribution in [0.25, 0.3) is 28.6 Å². The molecule has 0 radical (unpaired) electrons. The third-order valence-electron chi connectivity index (χ3n) is 6.10. The summed E-state index contributed by atoms with van der Waals surface area (Å²) in [4.78, 5) is 8.57. The van der Waals surface area contributed by atoms with E-state index in [0.29, 0.717) is 0 Å². The van der Waals surface area contributed by atoms with Gasteiger partial charge in [-0.25, -0.2) is 18.7 Å². The van der Waals surface area contributed by atoms with Gasteiger partial charge in [0.15, 0.2) is 17.5 Å². The van der Waals surface area contributed by atoms with Crippen molar-refractivity contribution in [2.75, 3.05) is 6.61 Å². The van der Waals surface area contributed by atoms with E-state index in [9.17, 15) is 8.78 Å². The Morgan fingerprint density at radius 1 is 0.944 bits per heavy atom. The third kappa shape index (κ3) is 7.92. The topological polar surface area (TPSA) is 35.0 Å². The molecular weight excluding hydrogens is 454 g/mol. The number of rotatable bonds is 14. The van der Waals surface area contributed by atoms with Crippen molar-refractivity contribution in [2.24, 2.45) is 0 Å². The Balaban J connectivity index is 1.57. The number of halogens is 2. The van der Waals surface area contributed by atoms with Crippen LogP contribution in [0.4, 0.5) is 8.78 Å². The maximum atomic E-state index is 14.8. The maximum absolute atomic E-state index is 14.8. The highest BCUT2D eigenvalue weighted by Crippen LogP contribution is 2.26. The van der Waals surface area contributed by atoms with Crippen LogP contribution in [0.3, 0.4) is 0 Å². The highest BCUT2D eigenvalue weighted by atomic mass is 19.2. The number of hydrogen-bond acceptors (Lipinski definition) is 3. The van der Waals surface area contributed by atoms with Crippen molar-refractivity contribution in [2.45, 2.75) is 64.9 Å². The summed E-state index contributed by atoms with van der Waals surface area (Å²) in [5.41, 5.74) is 3.20. The Bertz CT molecular complexity index is 1120. The normalized spacial score (nSPS) is 12.2. The monoisotopic (exact) mass is 490 g/mol. The first kappa shape index (κ1) is 27.4. The molecule has 0 saturated carbocycles. The second kappa shape index (κ2) is 14.4. The number of ether oxygens (including phenoxy) is 1. The first-order chi connectivity index (χ1) is 17.5. The lowest BCUT2D eigenvalue weighted by Crippen LogP contribution is -2.08. The molecule has 0 saturated heterocycles. The van der Waals surface area contributed by atoms with Crippen molar-refractivity contribution in [3.05, 3.63) is 90.3 Å². The number of aromatic nitrogens is 2. The van der Waals surface area contributed by atoms with Gasteiger partial charge in [-0.05, 0) is 56.2 Å². The molecule has 0 bridgehead atoms. The van der Waals surface area contributed by atoms with Gasteiger partial charge in [-0.2, -0.15) is 0 Å². The Kier molecular flexibility index (Phi) is 11.0. The van der Waals surface area contributed by atoms with Crippen molar-refractivity contribution >= 4 is 6.08 Å². The molecule has 3 nitrogen and oxygen atoms in total. The molecule has 3 rings (SSSR count). The summed E-state index contributed by atoms with van der Waals surface area (Å²) in [5.74, 6) is -1.67. The van der Waals surface area contributed by atoms with Crippen LogP contribution in [0.15, 0.2) is 67.5 Å². The number of nitrogens with zero attached hydrogens (tertiary/aromatic N) is 2. The molecule has 1 aromatic heterocycles. The van der Waals surface area contributed by atoms with E-state index in [4.69, 9.17) is 4.74 Å². The van der Waals surface area contributed by atoms with Crippen LogP contribution < -0.4 is 0 Å². The van der Waals surface area contributed by atoms with Crippen LogP contribution in [0.5, 0.6) is 0 Å². The van der Waals surface area contributed by atoms with Gasteiger partial charge in [0, 0.05) is 30.1 Å². The zero-order valence-electron chi connectivity index (χ0n) is 21.4. The third-order valence-corrected chi connectivity index (χ3v) is 6.10. The number of unbranched alkanes of at least 4 members (excludes halogenated alkanes) is 3. The molecule has 0 aliphatic rings. The van der Waals surface area contributed by atoms with Crippen LogP contribution in [-0.4, -0.2) is 22.7 Å².